The second-order valence-corrected chi connectivity index (χ2v) is 3.80. The third-order valence-electron chi connectivity index (χ3n) is 0.238. The van der Waals surface area contributed by atoms with Crippen LogP contribution in [0.15, 0.2) is 39.5 Å². The molecule has 0 aromatic rings. The summed E-state index contributed by atoms with van der Waals surface area (Å²) in [5, 5.41) is 0. The van der Waals surface area contributed by atoms with Gasteiger partial charge in [0.25, 0.3) is 0 Å². The lowest BCUT2D eigenvalue weighted by Gasteiger charge is -1.96. The second-order valence-electron chi connectivity index (χ2n) is 1.07. The zero-order valence-electron chi connectivity index (χ0n) is 8.02. The second kappa shape index (κ2) is 18.2. The van der Waals surface area contributed by atoms with E-state index in [2.05, 4.69) is 50.5 Å². The van der Waals surface area contributed by atoms with Crippen molar-refractivity contribution < 1.29 is 14.0 Å². The Labute approximate surface area is 85.8 Å². The van der Waals surface area contributed by atoms with E-state index in [9.17, 15) is 14.0 Å². The highest BCUT2D eigenvalue weighted by molar-refractivity contribution is 7.65. The molecule has 6 nitrogen and oxygen atoms in total. The minimum absolute atomic E-state index is 1.45. The predicted octanol–water partition coefficient (Wildman–Crippen LogP) is 1.03. The van der Waals surface area contributed by atoms with Crippen LogP contribution in [-0.2, 0) is 9.13 Å². The molecule has 5 N–H and O–H groups in total. The van der Waals surface area contributed by atoms with Crippen molar-refractivity contribution in [2.45, 2.75) is 0 Å². The van der Waals surface area contributed by atoms with Crippen molar-refractivity contribution in [1.29, 1.82) is 0 Å². The average Bonchev–Trinajstić information content (AvgIpc) is 2.11. The van der Waals surface area contributed by atoms with Gasteiger partial charge in [-0.1, -0.05) is 4.57 Å². The van der Waals surface area contributed by atoms with Crippen LogP contribution in [0.4, 0.5) is 0 Å². The van der Waals surface area contributed by atoms with E-state index in [1.54, 1.807) is 0 Å². The third-order valence-corrected chi connectivity index (χ3v) is 2.14. The fraction of sp³-hybridized carbons (Fsp3) is 0. The van der Waals surface area contributed by atoms with Crippen molar-refractivity contribution in [2.75, 3.05) is 0 Å². The smallest absolute Gasteiger partial charge is 0.417 e. The van der Waals surface area contributed by atoms with Crippen molar-refractivity contribution in [3.05, 3.63) is 39.5 Å². The molecule has 0 amide bonds. The van der Waals surface area contributed by atoms with Crippen LogP contribution < -0.4 is 20.8 Å². The van der Waals surface area contributed by atoms with Crippen molar-refractivity contribution in [2.24, 2.45) is 11.0 Å². The Kier molecular flexibility index (Phi) is 30.4. The number of hydrogen-bond donors (Lipinski definition) is 3. The molecule has 8 heteroatoms. The summed E-state index contributed by atoms with van der Waals surface area (Å²) in [6.07, 6.45) is 0. The molecule has 14 heavy (non-hydrogen) atoms. The van der Waals surface area contributed by atoms with Crippen molar-refractivity contribution in [1.82, 2.24) is 4.86 Å². The highest BCUT2D eigenvalue weighted by atomic mass is 31.2. The molecular weight excluding hydrogens is 224 g/mol. The van der Waals surface area contributed by atoms with Crippen molar-refractivity contribution in [3.8, 4) is 0 Å². The number of rotatable bonds is 2. The molecule has 0 rings (SSSR count). The van der Waals surface area contributed by atoms with E-state index in [0.717, 1.165) is 0 Å². The molecule has 0 saturated carbocycles. The summed E-state index contributed by atoms with van der Waals surface area (Å²) in [7, 11) is -6.52. The number of hydrogen-bond acceptors (Lipinski definition) is 3. The standard InChI is InChI=1S/3C2H4.H5N3O3P2/c3*1-2;1-8(2,6)3-7(4)5/h3*1-2H2;(H5,1,2,3,4,5,6). The van der Waals surface area contributed by atoms with Crippen LogP contribution in [0.2, 0.25) is 0 Å². The maximum absolute atomic E-state index is 10.1. The SMILES string of the molecule is C=C.C=C.C=C.NP(N)(=O)N[P+](=O)[O-]. The van der Waals surface area contributed by atoms with Gasteiger partial charge in [0.15, 0.2) is 0 Å². The third kappa shape index (κ3) is 63.8. The van der Waals surface area contributed by atoms with Gasteiger partial charge in [-0.25, -0.2) is 0 Å². The Hall–Kier alpha value is -0.610. The topological polar surface area (TPSA) is 121 Å². The van der Waals surface area contributed by atoms with Crippen molar-refractivity contribution in [3.63, 3.8) is 0 Å². The molecule has 0 aliphatic heterocycles. The summed E-state index contributed by atoms with van der Waals surface area (Å²) in [6, 6.07) is 0. The summed E-state index contributed by atoms with van der Waals surface area (Å²) < 4.78 is 19.7. The summed E-state index contributed by atoms with van der Waals surface area (Å²) in [5.74, 6) is 0. The van der Waals surface area contributed by atoms with Gasteiger partial charge in [0.05, 0.1) is 0 Å². The molecule has 0 fully saturated rings. The van der Waals surface area contributed by atoms with Crippen molar-refractivity contribution >= 4 is 15.8 Å². The van der Waals surface area contributed by atoms with Crippen LogP contribution in [0.1, 0.15) is 0 Å². The maximum atomic E-state index is 10.1. The molecule has 0 aromatic heterocycles. The Morgan fingerprint density at radius 1 is 1.07 bits per heavy atom. The zero-order chi connectivity index (χ0) is 12.8. The minimum atomic E-state index is -3.57. The molecule has 84 valence electrons. The highest BCUT2D eigenvalue weighted by Gasteiger charge is 2.14. The Balaban J connectivity index is -0.0000000708. The number of nitrogens with one attached hydrogen (secondary N) is 1. The molecule has 0 spiro atoms. The first-order chi connectivity index (χ1) is 6.42. The van der Waals surface area contributed by atoms with Crippen LogP contribution in [0.25, 0.3) is 0 Å². The molecule has 0 saturated heterocycles. The van der Waals surface area contributed by atoms with Gasteiger partial charge in [-0.05, 0) is 4.86 Å². The van der Waals surface area contributed by atoms with E-state index >= 15 is 0 Å². The van der Waals surface area contributed by atoms with Gasteiger partial charge in [-0.2, -0.15) is 0 Å². The largest absolute Gasteiger partial charge is 0.578 e. The minimum Gasteiger partial charge on any atom is -0.578 e. The first-order valence-electron chi connectivity index (χ1n) is 3.01. The van der Waals surface area contributed by atoms with Gasteiger partial charge in [-0.15, -0.1) is 39.5 Å². The average molecular weight is 241 g/mol. The summed E-state index contributed by atoms with van der Waals surface area (Å²) in [6.45, 7) is 18.0. The zero-order valence-corrected chi connectivity index (χ0v) is 9.81. The van der Waals surface area contributed by atoms with Crippen LogP contribution in [-0.4, -0.2) is 0 Å². The fourth-order valence-corrected chi connectivity index (χ4v) is 1.15. The van der Waals surface area contributed by atoms with E-state index in [1.807, 2.05) is 0 Å². The van der Waals surface area contributed by atoms with Gasteiger partial charge in [-0.3, -0.25) is 15.6 Å². The molecule has 1 unspecified atom stereocenters. The van der Waals surface area contributed by atoms with Gasteiger partial charge in [0.1, 0.15) is 0 Å². The van der Waals surface area contributed by atoms with E-state index in [4.69, 9.17) is 0 Å². The van der Waals surface area contributed by atoms with E-state index < -0.39 is 15.8 Å². The molecule has 0 aromatic carbocycles. The lowest BCUT2D eigenvalue weighted by molar-refractivity contribution is -0.165. The van der Waals surface area contributed by atoms with Gasteiger partial charge in [0, 0.05) is 0 Å². The van der Waals surface area contributed by atoms with E-state index in [0.29, 0.717) is 0 Å². The van der Waals surface area contributed by atoms with Crippen LogP contribution >= 0.6 is 15.8 Å². The number of nitrogens with two attached hydrogens (primary N) is 2. The fourth-order valence-electron chi connectivity index (χ4n) is 0.128. The maximum Gasteiger partial charge on any atom is 0.417 e. The molecule has 0 heterocycles. The molecule has 0 radical (unpaired) electrons. The van der Waals surface area contributed by atoms with E-state index in [1.165, 1.54) is 4.86 Å². The molecule has 1 atom stereocenters. The molecular formula is C6H17N3O3P2. The Morgan fingerprint density at radius 2 is 1.29 bits per heavy atom. The van der Waals surface area contributed by atoms with Crippen LogP contribution in [0.5, 0.6) is 0 Å². The molecule has 0 aliphatic carbocycles. The Morgan fingerprint density at radius 3 is 1.29 bits per heavy atom. The quantitative estimate of drug-likeness (QED) is 0.490. The van der Waals surface area contributed by atoms with Gasteiger partial charge in [0.2, 0.25) is 0 Å². The monoisotopic (exact) mass is 241 g/mol. The normalized spacial score (nSPS) is 8.64. The predicted molar refractivity (Wildman–Crippen MR) is 60.5 cm³/mol. The first kappa shape index (κ1) is 23.3. The molecule has 0 bridgehead atoms. The van der Waals surface area contributed by atoms with Gasteiger partial charge >= 0.3 is 15.8 Å². The van der Waals surface area contributed by atoms with Gasteiger partial charge < -0.3 is 4.89 Å². The molecule has 0 aliphatic rings. The van der Waals surface area contributed by atoms with Crippen LogP contribution in [0, 0.1) is 0 Å². The lowest BCUT2D eigenvalue weighted by Crippen LogP contribution is -2.18. The lowest BCUT2D eigenvalue weighted by atomic mass is 11.3. The Bertz CT molecular complexity index is 178. The summed E-state index contributed by atoms with van der Waals surface area (Å²) in [5.41, 5.74) is 9.15. The van der Waals surface area contributed by atoms with E-state index in [-0.39, 0.29) is 0 Å². The van der Waals surface area contributed by atoms with Crippen LogP contribution in [0.3, 0.4) is 0 Å². The highest BCUT2D eigenvalue weighted by Crippen LogP contribution is 2.24. The summed E-state index contributed by atoms with van der Waals surface area (Å²) >= 11 is 0. The summed E-state index contributed by atoms with van der Waals surface area (Å²) in [4.78, 5) is 11.1. The first-order valence-corrected chi connectivity index (χ1v) is 6.03.